The van der Waals surface area contributed by atoms with Crippen LogP contribution in [-0.4, -0.2) is 52.3 Å². The summed E-state index contributed by atoms with van der Waals surface area (Å²) in [6, 6.07) is 6.58. The van der Waals surface area contributed by atoms with E-state index in [9.17, 15) is 19.2 Å². The molecule has 1 saturated heterocycles. The maximum absolute atomic E-state index is 12.6. The zero-order valence-electron chi connectivity index (χ0n) is 14.7. The molecule has 5 N–H and O–H groups in total. The van der Waals surface area contributed by atoms with Gasteiger partial charge in [-0.2, -0.15) is 0 Å². The van der Waals surface area contributed by atoms with Gasteiger partial charge in [0.25, 0.3) is 11.8 Å². The second-order valence-electron chi connectivity index (χ2n) is 6.52. The van der Waals surface area contributed by atoms with E-state index >= 15 is 0 Å². The van der Waals surface area contributed by atoms with Crippen LogP contribution in [0.2, 0.25) is 0 Å². The third kappa shape index (κ3) is 3.71. The standard InChI is InChI=1S/C18H19ClN4O5/c19-10-6-7-11-14(22-16(26)13(20)9-4-2-1-3-5-9)18(28)23(11)15(10)17(27)21-8-12(24)25/h1-5,11,13-14H,6-8,20H2,(H,21,27)(H,22,26)(H,24,25)/t11-,13-,14+/m1/s1. The smallest absolute Gasteiger partial charge is 0.322 e. The number of aliphatic carboxylic acids is 1. The minimum absolute atomic E-state index is 0.0676. The Kier molecular flexibility index (Phi) is 5.66. The van der Waals surface area contributed by atoms with Crippen LogP contribution >= 0.6 is 11.6 Å². The minimum Gasteiger partial charge on any atom is -0.480 e. The Morgan fingerprint density at radius 1 is 1.29 bits per heavy atom. The molecule has 0 bridgehead atoms. The van der Waals surface area contributed by atoms with Gasteiger partial charge in [-0.25, -0.2) is 0 Å². The van der Waals surface area contributed by atoms with Crippen molar-refractivity contribution < 1.29 is 24.3 Å². The zero-order chi connectivity index (χ0) is 20.4. The Labute approximate surface area is 165 Å². The van der Waals surface area contributed by atoms with Gasteiger partial charge in [0.15, 0.2) is 0 Å². The predicted octanol–water partition coefficient (Wildman–Crippen LogP) is -0.173. The van der Waals surface area contributed by atoms with Crippen LogP contribution in [0.4, 0.5) is 0 Å². The van der Waals surface area contributed by atoms with Crippen LogP contribution in [0.5, 0.6) is 0 Å². The SMILES string of the molecule is N[C@@H](C(=O)N[C@@H]1C(=O)N2C(C(=O)NCC(=O)O)=C(Cl)CC[C@H]12)c1ccccc1. The van der Waals surface area contributed by atoms with Gasteiger partial charge >= 0.3 is 5.97 Å². The number of carboxylic acid groups (broad SMARTS) is 1. The Hall–Kier alpha value is -2.91. The van der Waals surface area contributed by atoms with Crippen molar-refractivity contribution in [3.05, 3.63) is 46.6 Å². The molecule has 0 saturated carbocycles. The van der Waals surface area contributed by atoms with Gasteiger partial charge in [-0.1, -0.05) is 41.9 Å². The summed E-state index contributed by atoms with van der Waals surface area (Å²) in [5.41, 5.74) is 6.50. The van der Waals surface area contributed by atoms with Gasteiger partial charge < -0.3 is 21.5 Å². The van der Waals surface area contributed by atoms with E-state index in [1.165, 1.54) is 4.90 Å². The highest BCUT2D eigenvalue weighted by molar-refractivity contribution is 6.32. The van der Waals surface area contributed by atoms with Crippen molar-refractivity contribution in [2.24, 2.45) is 5.73 Å². The average Bonchev–Trinajstić information content (AvgIpc) is 2.69. The topological polar surface area (TPSA) is 142 Å². The van der Waals surface area contributed by atoms with Crippen molar-refractivity contribution in [3.8, 4) is 0 Å². The van der Waals surface area contributed by atoms with E-state index in [4.69, 9.17) is 22.4 Å². The van der Waals surface area contributed by atoms with Gasteiger partial charge in [-0.15, -0.1) is 0 Å². The first-order chi connectivity index (χ1) is 13.3. The van der Waals surface area contributed by atoms with Crippen LogP contribution in [0.1, 0.15) is 24.4 Å². The lowest BCUT2D eigenvalue weighted by atomic mass is 9.86. The van der Waals surface area contributed by atoms with Crippen molar-refractivity contribution in [1.82, 2.24) is 15.5 Å². The van der Waals surface area contributed by atoms with Gasteiger partial charge in [-0.3, -0.25) is 24.1 Å². The summed E-state index contributed by atoms with van der Waals surface area (Å²) in [5.74, 6) is -2.94. The van der Waals surface area contributed by atoms with E-state index in [1.807, 2.05) is 0 Å². The first-order valence-corrected chi connectivity index (χ1v) is 9.01. The maximum Gasteiger partial charge on any atom is 0.322 e. The van der Waals surface area contributed by atoms with Crippen molar-refractivity contribution >= 4 is 35.3 Å². The summed E-state index contributed by atoms with van der Waals surface area (Å²) >= 11 is 6.11. The van der Waals surface area contributed by atoms with Crippen LogP contribution in [0.15, 0.2) is 41.1 Å². The fraction of sp³-hybridized carbons (Fsp3) is 0.333. The van der Waals surface area contributed by atoms with E-state index in [-0.39, 0.29) is 10.7 Å². The van der Waals surface area contributed by atoms with E-state index in [1.54, 1.807) is 30.3 Å². The Bertz CT molecular complexity index is 857. The van der Waals surface area contributed by atoms with Crippen LogP contribution < -0.4 is 16.4 Å². The number of rotatable bonds is 6. The van der Waals surface area contributed by atoms with Gasteiger partial charge in [0.1, 0.15) is 24.3 Å². The number of β-lactam (4-membered cyclic amide) rings is 1. The summed E-state index contributed by atoms with van der Waals surface area (Å²) in [6.45, 7) is -0.592. The number of nitrogens with one attached hydrogen (secondary N) is 2. The Balaban J connectivity index is 1.69. The van der Waals surface area contributed by atoms with Crippen molar-refractivity contribution in [2.75, 3.05) is 6.54 Å². The van der Waals surface area contributed by atoms with Crippen LogP contribution in [0, 0.1) is 0 Å². The number of nitrogens with two attached hydrogens (primary N) is 1. The molecule has 9 nitrogen and oxygen atoms in total. The molecule has 0 unspecified atom stereocenters. The number of hydrogen-bond donors (Lipinski definition) is 4. The molecule has 0 aliphatic carbocycles. The van der Waals surface area contributed by atoms with Crippen LogP contribution in [0.25, 0.3) is 0 Å². The number of halogens is 1. The zero-order valence-corrected chi connectivity index (χ0v) is 15.5. The number of fused-ring (bicyclic) bond motifs is 1. The summed E-state index contributed by atoms with van der Waals surface area (Å²) < 4.78 is 0. The molecule has 0 spiro atoms. The third-order valence-electron chi connectivity index (χ3n) is 4.73. The molecule has 148 valence electrons. The monoisotopic (exact) mass is 406 g/mol. The van der Waals surface area contributed by atoms with Gasteiger partial charge in [0.2, 0.25) is 5.91 Å². The first kappa shape index (κ1) is 19.8. The quantitative estimate of drug-likeness (QED) is 0.483. The molecule has 3 amide bonds. The number of nitrogens with zero attached hydrogens (tertiary/aromatic N) is 1. The fourth-order valence-electron chi connectivity index (χ4n) is 3.33. The molecule has 2 aliphatic heterocycles. The normalized spacial score (nSPS) is 22.1. The molecule has 1 fully saturated rings. The predicted molar refractivity (Wildman–Crippen MR) is 98.7 cm³/mol. The lowest BCUT2D eigenvalue weighted by Gasteiger charge is -2.50. The first-order valence-electron chi connectivity index (χ1n) is 8.64. The number of benzene rings is 1. The highest BCUT2D eigenvalue weighted by Crippen LogP contribution is 2.38. The molecule has 2 aliphatic rings. The number of amides is 3. The van der Waals surface area contributed by atoms with Gasteiger partial charge in [-0.05, 0) is 18.4 Å². The largest absolute Gasteiger partial charge is 0.480 e. The number of carboxylic acids is 1. The van der Waals surface area contributed by atoms with Crippen LogP contribution in [-0.2, 0) is 19.2 Å². The van der Waals surface area contributed by atoms with Gasteiger partial charge in [0.05, 0.1) is 6.04 Å². The molecule has 0 aromatic heterocycles. The van der Waals surface area contributed by atoms with Crippen molar-refractivity contribution in [2.45, 2.75) is 31.0 Å². The van der Waals surface area contributed by atoms with Gasteiger partial charge in [0, 0.05) is 5.03 Å². The Morgan fingerprint density at radius 2 is 1.96 bits per heavy atom. The third-order valence-corrected chi connectivity index (χ3v) is 5.10. The maximum atomic E-state index is 12.6. The molecular formula is C18H19ClN4O5. The van der Waals surface area contributed by atoms with Crippen LogP contribution in [0.3, 0.4) is 0 Å². The lowest BCUT2D eigenvalue weighted by Crippen LogP contribution is -2.72. The highest BCUT2D eigenvalue weighted by atomic mass is 35.5. The summed E-state index contributed by atoms with van der Waals surface area (Å²) in [6.07, 6.45) is 0.800. The molecule has 10 heteroatoms. The Morgan fingerprint density at radius 3 is 2.61 bits per heavy atom. The number of carbonyl (C=O) groups excluding carboxylic acids is 3. The molecule has 2 heterocycles. The second kappa shape index (κ2) is 7.99. The van der Waals surface area contributed by atoms with Crippen molar-refractivity contribution in [3.63, 3.8) is 0 Å². The number of carbonyl (C=O) groups is 4. The van der Waals surface area contributed by atoms with Crippen molar-refractivity contribution in [1.29, 1.82) is 0 Å². The van der Waals surface area contributed by atoms with E-state index in [0.717, 1.165) is 0 Å². The molecule has 28 heavy (non-hydrogen) atoms. The lowest BCUT2D eigenvalue weighted by molar-refractivity contribution is -0.153. The molecule has 3 atom stereocenters. The summed E-state index contributed by atoms with van der Waals surface area (Å²) in [5, 5.41) is 13.7. The van der Waals surface area contributed by atoms with E-state index in [0.29, 0.717) is 18.4 Å². The summed E-state index contributed by atoms with van der Waals surface area (Å²) in [4.78, 5) is 49.1. The average molecular weight is 407 g/mol. The minimum atomic E-state index is -1.22. The van der Waals surface area contributed by atoms with E-state index < -0.39 is 48.4 Å². The summed E-state index contributed by atoms with van der Waals surface area (Å²) in [7, 11) is 0. The second-order valence-corrected chi connectivity index (χ2v) is 6.98. The fourth-order valence-corrected chi connectivity index (χ4v) is 3.61. The molecule has 1 aromatic carbocycles. The van der Waals surface area contributed by atoms with E-state index in [2.05, 4.69) is 10.6 Å². The highest BCUT2D eigenvalue weighted by Gasteiger charge is 2.53. The molecule has 0 radical (unpaired) electrons. The molecule has 1 aromatic rings. The molecular weight excluding hydrogens is 388 g/mol. The molecule has 3 rings (SSSR count). The number of hydrogen-bond acceptors (Lipinski definition) is 5. The number of allylic oxidation sites excluding steroid dienone is 1.